The first kappa shape index (κ1) is 14.0. The van der Waals surface area contributed by atoms with E-state index in [1.165, 1.54) is 0 Å². The van der Waals surface area contributed by atoms with Gasteiger partial charge in [0.15, 0.2) is 0 Å². The minimum atomic E-state index is -1.11. The first-order valence-corrected chi connectivity index (χ1v) is 5.27. The molecule has 0 radical (unpaired) electrons. The molecule has 0 saturated carbocycles. The molecule has 0 atom stereocenters. The Kier molecular flexibility index (Phi) is 5.13. The second-order valence-corrected chi connectivity index (χ2v) is 3.62. The summed E-state index contributed by atoms with van der Waals surface area (Å²) in [5.74, 6) is -0.805. The molecule has 0 saturated heterocycles. The summed E-state index contributed by atoms with van der Waals surface area (Å²) in [6, 6.07) is 5.22. The zero-order valence-electron chi connectivity index (χ0n) is 10.2. The maximum atomic E-state index is 11.4. The Labute approximate surface area is 105 Å². The lowest BCUT2D eigenvalue weighted by Crippen LogP contribution is -2.21. The highest BCUT2D eigenvalue weighted by molar-refractivity contribution is 5.92. The van der Waals surface area contributed by atoms with E-state index in [1.54, 1.807) is 25.3 Å². The standard InChI is InChI=1S/C12H15NO5/c1-8-5-9(17-2)3-4-10(8)13-11(14)6-18-7-12(15)16/h3-5H,6-7H2,1-2H3,(H,13,14)(H,15,16). The van der Waals surface area contributed by atoms with E-state index < -0.39 is 18.5 Å². The van der Waals surface area contributed by atoms with Gasteiger partial charge >= 0.3 is 5.97 Å². The fourth-order valence-electron chi connectivity index (χ4n) is 1.32. The number of rotatable bonds is 6. The van der Waals surface area contributed by atoms with Crippen molar-refractivity contribution in [3.8, 4) is 5.75 Å². The molecule has 0 bridgehead atoms. The highest BCUT2D eigenvalue weighted by Gasteiger charge is 2.07. The van der Waals surface area contributed by atoms with Gasteiger partial charge in [-0.25, -0.2) is 4.79 Å². The van der Waals surface area contributed by atoms with E-state index in [2.05, 4.69) is 10.1 Å². The van der Waals surface area contributed by atoms with Crippen LogP contribution in [0.1, 0.15) is 5.56 Å². The van der Waals surface area contributed by atoms with Crippen molar-refractivity contribution in [1.82, 2.24) is 0 Å². The van der Waals surface area contributed by atoms with Crippen LogP contribution in [-0.2, 0) is 14.3 Å². The van der Waals surface area contributed by atoms with Crippen LogP contribution in [0, 0.1) is 6.92 Å². The second kappa shape index (κ2) is 6.61. The normalized spacial score (nSPS) is 9.89. The largest absolute Gasteiger partial charge is 0.497 e. The molecule has 0 aliphatic heterocycles. The Morgan fingerprint density at radius 1 is 1.33 bits per heavy atom. The van der Waals surface area contributed by atoms with Gasteiger partial charge in [-0.05, 0) is 30.7 Å². The average Bonchev–Trinajstić information content (AvgIpc) is 2.31. The molecule has 6 nitrogen and oxygen atoms in total. The lowest BCUT2D eigenvalue weighted by molar-refractivity contribution is -0.143. The van der Waals surface area contributed by atoms with Crippen LogP contribution in [0.4, 0.5) is 5.69 Å². The van der Waals surface area contributed by atoms with Crippen molar-refractivity contribution < 1.29 is 24.2 Å². The number of carboxylic acids is 1. The van der Waals surface area contributed by atoms with Crippen molar-refractivity contribution in [3.63, 3.8) is 0 Å². The maximum Gasteiger partial charge on any atom is 0.329 e. The monoisotopic (exact) mass is 253 g/mol. The van der Waals surface area contributed by atoms with Crippen molar-refractivity contribution in [2.45, 2.75) is 6.92 Å². The number of hydrogen-bond donors (Lipinski definition) is 2. The summed E-state index contributed by atoms with van der Waals surface area (Å²) in [6.07, 6.45) is 0. The van der Waals surface area contributed by atoms with E-state index in [0.29, 0.717) is 11.4 Å². The number of carbonyl (C=O) groups is 2. The Morgan fingerprint density at radius 3 is 2.61 bits per heavy atom. The van der Waals surface area contributed by atoms with Crippen molar-refractivity contribution in [2.24, 2.45) is 0 Å². The lowest BCUT2D eigenvalue weighted by Gasteiger charge is -2.09. The van der Waals surface area contributed by atoms with Crippen molar-refractivity contribution >= 4 is 17.6 Å². The van der Waals surface area contributed by atoms with Crippen LogP contribution in [0.3, 0.4) is 0 Å². The number of carboxylic acid groups (broad SMARTS) is 1. The molecule has 0 aliphatic rings. The molecule has 1 rings (SSSR count). The molecule has 0 spiro atoms. The predicted octanol–water partition coefficient (Wildman–Crippen LogP) is 1.04. The maximum absolute atomic E-state index is 11.4. The van der Waals surface area contributed by atoms with E-state index in [4.69, 9.17) is 9.84 Å². The predicted molar refractivity (Wildman–Crippen MR) is 64.8 cm³/mol. The van der Waals surface area contributed by atoms with Gasteiger partial charge in [0, 0.05) is 5.69 Å². The topological polar surface area (TPSA) is 84.9 Å². The number of benzene rings is 1. The number of carbonyl (C=O) groups excluding carboxylic acids is 1. The van der Waals surface area contributed by atoms with Gasteiger partial charge in [-0.1, -0.05) is 0 Å². The van der Waals surface area contributed by atoms with Gasteiger partial charge in [0.2, 0.25) is 5.91 Å². The number of anilines is 1. The van der Waals surface area contributed by atoms with Gasteiger partial charge in [0.1, 0.15) is 19.0 Å². The van der Waals surface area contributed by atoms with Crippen LogP contribution < -0.4 is 10.1 Å². The van der Waals surface area contributed by atoms with Crippen LogP contribution in [0.5, 0.6) is 5.75 Å². The van der Waals surface area contributed by atoms with Gasteiger partial charge in [0.25, 0.3) is 0 Å². The second-order valence-electron chi connectivity index (χ2n) is 3.62. The van der Waals surface area contributed by atoms with Crippen molar-refractivity contribution in [1.29, 1.82) is 0 Å². The van der Waals surface area contributed by atoms with Gasteiger partial charge in [0.05, 0.1) is 7.11 Å². The third kappa shape index (κ3) is 4.42. The highest BCUT2D eigenvalue weighted by atomic mass is 16.5. The summed E-state index contributed by atoms with van der Waals surface area (Å²) >= 11 is 0. The van der Waals surface area contributed by atoms with E-state index in [0.717, 1.165) is 5.56 Å². The summed E-state index contributed by atoms with van der Waals surface area (Å²) in [4.78, 5) is 21.6. The van der Waals surface area contributed by atoms with Gasteiger partial charge in [-0.15, -0.1) is 0 Å². The molecule has 1 amide bonds. The third-order valence-corrected chi connectivity index (χ3v) is 2.17. The molecular weight excluding hydrogens is 238 g/mol. The van der Waals surface area contributed by atoms with Crippen molar-refractivity contribution in [2.75, 3.05) is 25.6 Å². The molecule has 2 N–H and O–H groups in total. The van der Waals surface area contributed by atoms with Crippen LogP contribution in [0.2, 0.25) is 0 Å². The Balaban J connectivity index is 2.51. The summed E-state index contributed by atoms with van der Waals surface area (Å²) < 4.78 is 9.72. The molecule has 18 heavy (non-hydrogen) atoms. The Morgan fingerprint density at radius 2 is 2.06 bits per heavy atom. The Hall–Kier alpha value is -2.08. The summed E-state index contributed by atoms with van der Waals surface area (Å²) in [5.41, 5.74) is 1.49. The van der Waals surface area contributed by atoms with E-state index in [1.807, 2.05) is 6.92 Å². The zero-order chi connectivity index (χ0) is 13.5. The van der Waals surface area contributed by atoms with Crippen LogP contribution in [0.15, 0.2) is 18.2 Å². The molecule has 0 heterocycles. The number of aryl methyl sites for hydroxylation is 1. The zero-order valence-corrected chi connectivity index (χ0v) is 10.2. The lowest BCUT2D eigenvalue weighted by atomic mass is 10.2. The van der Waals surface area contributed by atoms with E-state index in [-0.39, 0.29) is 6.61 Å². The first-order valence-electron chi connectivity index (χ1n) is 5.27. The molecular formula is C12H15NO5. The molecule has 0 fully saturated rings. The third-order valence-electron chi connectivity index (χ3n) is 2.17. The molecule has 1 aromatic rings. The molecule has 6 heteroatoms. The summed E-state index contributed by atoms with van der Waals surface area (Å²) in [6.45, 7) is 1.04. The van der Waals surface area contributed by atoms with Gasteiger partial charge < -0.3 is 19.9 Å². The highest BCUT2D eigenvalue weighted by Crippen LogP contribution is 2.20. The quantitative estimate of drug-likeness (QED) is 0.791. The van der Waals surface area contributed by atoms with Crippen molar-refractivity contribution in [3.05, 3.63) is 23.8 Å². The number of aliphatic carboxylic acids is 1. The first-order chi connectivity index (χ1) is 8.52. The van der Waals surface area contributed by atoms with E-state index in [9.17, 15) is 9.59 Å². The van der Waals surface area contributed by atoms with E-state index >= 15 is 0 Å². The van der Waals surface area contributed by atoms with Gasteiger partial charge in [-0.2, -0.15) is 0 Å². The molecule has 0 aliphatic carbocycles. The van der Waals surface area contributed by atoms with Crippen LogP contribution in [0.25, 0.3) is 0 Å². The minimum Gasteiger partial charge on any atom is -0.497 e. The van der Waals surface area contributed by atoms with Crippen LogP contribution in [-0.4, -0.2) is 37.3 Å². The Bertz CT molecular complexity index is 444. The number of nitrogens with one attached hydrogen (secondary N) is 1. The average molecular weight is 253 g/mol. The number of hydrogen-bond acceptors (Lipinski definition) is 4. The number of ether oxygens (including phenoxy) is 2. The number of methoxy groups -OCH3 is 1. The molecule has 0 aromatic heterocycles. The summed E-state index contributed by atoms with van der Waals surface area (Å²) in [7, 11) is 1.56. The number of amides is 1. The fraction of sp³-hybridized carbons (Fsp3) is 0.333. The van der Waals surface area contributed by atoms with Gasteiger partial charge in [-0.3, -0.25) is 4.79 Å². The molecule has 98 valence electrons. The molecule has 0 unspecified atom stereocenters. The summed E-state index contributed by atoms with van der Waals surface area (Å²) in [5, 5.41) is 11.0. The molecule has 1 aromatic carbocycles. The minimum absolute atomic E-state index is 0.294. The fourth-order valence-corrected chi connectivity index (χ4v) is 1.32. The van der Waals surface area contributed by atoms with Crippen LogP contribution >= 0.6 is 0 Å². The smallest absolute Gasteiger partial charge is 0.329 e. The SMILES string of the molecule is COc1ccc(NC(=O)COCC(=O)O)c(C)c1.